The molecule has 0 unspecified atom stereocenters. The summed E-state index contributed by atoms with van der Waals surface area (Å²) < 4.78 is 0. The minimum atomic E-state index is 0.0924. The number of thiazole rings is 1. The lowest BCUT2D eigenvalue weighted by Crippen LogP contribution is -2.10. The van der Waals surface area contributed by atoms with Gasteiger partial charge in [0.25, 0.3) is 0 Å². The number of nitrogens with one attached hydrogen (secondary N) is 1. The van der Waals surface area contributed by atoms with E-state index in [-0.39, 0.29) is 5.84 Å². The molecule has 2 aromatic rings. The molecule has 4 heteroatoms. The lowest BCUT2D eigenvalue weighted by atomic mass is 10.1. The summed E-state index contributed by atoms with van der Waals surface area (Å²) in [6.45, 7) is 3.94. The van der Waals surface area contributed by atoms with E-state index in [0.717, 1.165) is 21.1 Å². The summed E-state index contributed by atoms with van der Waals surface area (Å²) in [6, 6.07) is 8.09. The van der Waals surface area contributed by atoms with Gasteiger partial charge in [-0.2, -0.15) is 0 Å². The van der Waals surface area contributed by atoms with Crippen molar-refractivity contribution >= 4 is 17.2 Å². The third-order valence-corrected chi connectivity index (χ3v) is 3.64. The maximum Gasteiger partial charge on any atom is 0.135 e. The van der Waals surface area contributed by atoms with Crippen molar-refractivity contribution in [1.82, 2.24) is 4.98 Å². The first-order valence-corrected chi connectivity index (χ1v) is 5.79. The highest BCUT2D eigenvalue weighted by Crippen LogP contribution is 2.29. The Labute approximate surface area is 98.5 Å². The first-order chi connectivity index (χ1) is 7.59. The molecule has 1 aromatic heterocycles. The van der Waals surface area contributed by atoms with Crippen molar-refractivity contribution < 1.29 is 0 Å². The SMILES string of the molecule is Cc1ccccc1-c1nc(C)c(C(=N)N)s1. The molecule has 0 spiro atoms. The van der Waals surface area contributed by atoms with Gasteiger partial charge in [-0.1, -0.05) is 24.3 Å². The zero-order valence-corrected chi connectivity index (χ0v) is 10.1. The molecular weight excluding hydrogens is 218 g/mol. The molecule has 0 radical (unpaired) electrons. The Balaban J connectivity index is 2.54. The van der Waals surface area contributed by atoms with Crippen molar-refractivity contribution in [2.75, 3.05) is 0 Å². The molecule has 0 aliphatic rings. The molecule has 3 N–H and O–H groups in total. The predicted octanol–water partition coefficient (Wildman–Crippen LogP) is 2.71. The number of nitrogens with zero attached hydrogens (tertiary/aromatic N) is 1. The molecule has 0 aliphatic carbocycles. The minimum Gasteiger partial charge on any atom is -0.383 e. The number of amidine groups is 1. The maximum atomic E-state index is 7.45. The number of hydrogen-bond acceptors (Lipinski definition) is 3. The van der Waals surface area contributed by atoms with Crippen LogP contribution in [0.5, 0.6) is 0 Å². The van der Waals surface area contributed by atoms with Crippen molar-refractivity contribution in [3.8, 4) is 10.6 Å². The maximum absolute atomic E-state index is 7.45. The highest BCUT2D eigenvalue weighted by Gasteiger charge is 2.12. The lowest BCUT2D eigenvalue weighted by molar-refractivity contribution is 1.24. The van der Waals surface area contributed by atoms with Crippen LogP contribution < -0.4 is 5.73 Å². The van der Waals surface area contributed by atoms with Crippen molar-refractivity contribution in [3.05, 3.63) is 40.4 Å². The van der Waals surface area contributed by atoms with Crippen molar-refractivity contribution in [2.24, 2.45) is 5.73 Å². The number of aryl methyl sites for hydroxylation is 2. The van der Waals surface area contributed by atoms with Crippen LogP contribution in [0, 0.1) is 19.3 Å². The topological polar surface area (TPSA) is 62.8 Å². The van der Waals surface area contributed by atoms with Gasteiger partial charge in [-0.05, 0) is 19.4 Å². The van der Waals surface area contributed by atoms with Crippen LogP contribution in [0.1, 0.15) is 16.1 Å². The van der Waals surface area contributed by atoms with Crippen LogP contribution in [0.4, 0.5) is 0 Å². The van der Waals surface area contributed by atoms with E-state index in [1.165, 1.54) is 16.9 Å². The highest BCUT2D eigenvalue weighted by molar-refractivity contribution is 7.17. The number of nitrogens with two attached hydrogens (primary N) is 1. The normalized spacial score (nSPS) is 10.4. The zero-order chi connectivity index (χ0) is 11.7. The summed E-state index contributed by atoms with van der Waals surface area (Å²) in [5.74, 6) is 0.0924. The Kier molecular flexibility index (Phi) is 2.75. The van der Waals surface area contributed by atoms with Gasteiger partial charge >= 0.3 is 0 Å². The van der Waals surface area contributed by atoms with E-state index in [9.17, 15) is 0 Å². The van der Waals surface area contributed by atoms with Crippen molar-refractivity contribution in [1.29, 1.82) is 5.41 Å². The fourth-order valence-electron chi connectivity index (χ4n) is 1.57. The predicted molar refractivity (Wildman–Crippen MR) is 68.0 cm³/mol. The Bertz CT molecular complexity index is 543. The summed E-state index contributed by atoms with van der Waals surface area (Å²) in [6.07, 6.45) is 0. The monoisotopic (exact) mass is 231 g/mol. The molecule has 0 amide bonds. The lowest BCUT2D eigenvalue weighted by Gasteiger charge is -1.99. The number of rotatable bonds is 2. The van der Waals surface area contributed by atoms with E-state index in [4.69, 9.17) is 11.1 Å². The second-order valence-corrected chi connectivity index (χ2v) is 4.66. The van der Waals surface area contributed by atoms with E-state index < -0.39 is 0 Å². The summed E-state index contributed by atoms with van der Waals surface area (Å²) in [4.78, 5) is 5.22. The van der Waals surface area contributed by atoms with Crippen LogP contribution >= 0.6 is 11.3 Å². The highest BCUT2D eigenvalue weighted by atomic mass is 32.1. The molecule has 16 heavy (non-hydrogen) atoms. The van der Waals surface area contributed by atoms with E-state index >= 15 is 0 Å². The average Bonchev–Trinajstić information content (AvgIpc) is 2.61. The van der Waals surface area contributed by atoms with Crippen LogP contribution in [0.15, 0.2) is 24.3 Å². The molecule has 1 aromatic carbocycles. The van der Waals surface area contributed by atoms with Gasteiger partial charge in [-0.25, -0.2) is 4.98 Å². The Morgan fingerprint density at radius 1 is 1.31 bits per heavy atom. The van der Waals surface area contributed by atoms with Crippen molar-refractivity contribution in [3.63, 3.8) is 0 Å². The van der Waals surface area contributed by atoms with Crippen molar-refractivity contribution in [2.45, 2.75) is 13.8 Å². The van der Waals surface area contributed by atoms with Crippen LogP contribution in [0.25, 0.3) is 10.6 Å². The average molecular weight is 231 g/mol. The molecule has 0 aliphatic heterocycles. The largest absolute Gasteiger partial charge is 0.383 e. The van der Waals surface area contributed by atoms with E-state index in [0.29, 0.717) is 0 Å². The van der Waals surface area contributed by atoms with Gasteiger partial charge in [0.1, 0.15) is 10.8 Å². The number of benzene rings is 1. The Morgan fingerprint density at radius 2 is 2.00 bits per heavy atom. The van der Waals surface area contributed by atoms with Gasteiger partial charge in [0.15, 0.2) is 0 Å². The standard InChI is InChI=1S/C12H13N3S/c1-7-5-3-4-6-9(7)12-15-8(2)10(16-12)11(13)14/h3-6H,1-2H3,(H3,13,14). The molecule has 1 heterocycles. The summed E-state index contributed by atoms with van der Waals surface area (Å²) in [5.41, 5.74) is 8.63. The fourth-order valence-corrected chi connectivity index (χ4v) is 2.59. The first kappa shape index (κ1) is 10.8. The van der Waals surface area contributed by atoms with E-state index in [1.54, 1.807) is 0 Å². The van der Waals surface area contributed by atoms with Gasteiger partial charge < -0.3 is 5.73 Å². The molecule has 82 valence electrons. The number of hydrogen-bond donors (Lipinski definition) is 2. The fraction of sp³-hybridized carbons (Fsp3) is 0.167. The molecule has 0 bridgehead atoms. The van der Waals surface area contributed by atoms with Crippen LogP contribution in [0.2, 0.25) is 0 Å². The van der Waals surface area contributed by atoms with Gasteiger partial charge in [0, 0.05) is 5.56 Å². The van der Waals surface area contributed by atoms with Gasteiger partial charge in [0.05, 0.1) is 10.6 Å². The Morgan fingerprint density at radius 3 is 2.56 bits per heavy atom. The second kappa shape index (κ2) is 4.06. The first-order valence-electron chi connectivity index (χ1n) is 4.97. The molecule has 3 nitrogen and oxygen atoms in total. The van der Waals surface area contributed by atoms with Gasteiger partial charge in [0.2, 0.25) is 0 Å². The second-order valence-electron chi connectivity index (χ2n) is 3.66. The molecule has 0 saturated heterocycles. The Hall–Kier alpha value is -1.68. The smallest absolute Gasteiger partial charge is 0.135 e. The quantitative estimate of drug-likeness (QED) is 0.616. The summed E-state index contributed by atoms with van der Waals surface area (Å²) in [5, 5.41) is 8.39. The minimum absolute atomic E-state index is 0.0924. The van der Waals surface area contributed by atoms with Crippen LogP contribution in [-0.2, 0) is 0 Å². The third kappa shape index (κ3) is 1.84. The molecular formula is C12H13N3S. The van der Waals surface area contributed by atoms with Gasteiger partial charge in [-0.15, -0.1) is 11.3 Å². The van der Waals surface area contributed by atoms with Crippen LogP contribution in [-0.4, -0.2) is 10.8 Å². The van der Waals surface area contributed by atoms with E-state index in [1.807, 2.05) is 25.1 Å². The number of nitrogen functional groups attached to an aromatic ring is 1. The van der Waals surface area contributed by atoms with E-state index in [2.05, 4.69) is 18.0 Å². The van der Waals surface area contributed by atoms with Crippen LogP contribution in [0.3, 0.4) is 0 Å². The number of aromatic nitrogens is 1. The summed E-state index contributed by atoms with van der Waals surface area (Å²) in [7, 11) is 0. The third-order valence-electron chi connectivity index (χ3n) is 2.42. The molecule has 0 saturated carbocycles. The summed E-state index contributed by atoms with van der Waals surface area (Å²) >= 11 is 1.47. The molecule has 0 fully saturated rings. The van der Waals surface area contributed by atoms with Gasteiger partial charge in [-0.3, -0.25) is 5.41 Å². The molecule has 0 atom stereocenters. The molecule has 2 rings (SSSR count). The zero-order valence-electron chi connectivity index (χ0n) is 9.24.